The van der Waals surface area contributed by atoms with E-state index in [0.29, 0.717) is 6.61 Å². The van der Waals surface area contributed by atoms with Crippen LogP contribution in [-0.2, 0) is 10.1 Å². The van der Waals surface area contributed by atoms with Crippen molar-refractivity contribution in [3.8, 4) is 11.5 Å². The molecular weight excluding hydrogens is 462 g/mol. The van der Waals surface area contributed by atoms with E-state index in [1.807, 2.05) is 0 Å². The summed E-state index contributed by atoms with van der Waals surface area (Å²) < 4.78 is 36.2. The molecule has 10 nitrogen and oxygen atoms in total. The molecule has 0 aliphatic heterocycles. The quantitative estimate of drug-likeness (QED) is 0.392. The maximum Gasteiger partial charge on any atom is 0.339 e. The molecule has 0 saturated heterocycles. The van der Waals surface area contributed by atoms with Gasteiger partial charge in [-0.25, -0.2) is 0 Å². The van der Waals surface area contributed by atoms with Gasteiger partial charge in [0.15, 0.2) is 11.5 Å². The lowest BCUT2D eigenvalue weighted by Gasteiger charge is -2.12. The molecule has 5 N–H and O–H groups in total. The predicted octanol–water partition coefficient (Wildman–Crippen LogP) is 2.30. The van der Waals surface area contributed by atoms with Gasteiger partial charge in [0.05, 0.1) is 6.61 Å². The molecule has 0 aliphatic rings. The van der Waals surface area contributed by atoms with Crippen LogP contribution in [0.5, 0.6) is 11.5 Å². The number of hydrogen-bond donors (Lipinski definition) is 3. The van der Waals surface area contributed by atoms with Crippen LogP contribution in [0.4, 0.5) is 5.69 Å². The number of hydrogen-bond acceptors (Lipinski definition) is 7. The van der Waals surface area contributed by atoms with Crippen LogP contribution in [-0.4, -0.2) is 32.7 Å². The molecule has 34 heavy (non-hydrogen) atoms. The normalized spacial score (nSPS) is 10.9. The molecule has 0 saturated carbocycles. The summed E-state index contributed by atoms with van der Waals surface area (Å²) in [6.07, 6.45) is 0. The first kappa shape index (κ1) is 24.3. The molecule has 176 valence electrons. The van der Waals surface area contributed by atoms with Crippen molar-refractivity contribution < 1.29 is 31.7 Å². The summed E-state index contributed by atoms with van der Waals surface area (Å²) in [7, 11) is -4.30. The Morgan fingerprint density at radius 2 is 1.44 bits per heavy atom. The molecule has 0 atom stereocenters. The van der Waals surface area contributed by atoms with E-state index in [0.717, 1.165) is 6.07 Å². The highest BCUT2D eigenvalue weighted by Crippen LogP contribution is 2.29. The van der Waals surface area contributed by atoms with Crippen LogP contribution in [0.15, 0.2) is 71.6 Å². The molecule has 3 amide bonds. The number of nitrogens with one attached hydrogen (secondary N) is 1. The van der Waals surface area contributed by atoms with Crippen molar-refractivity contribution in [2.75, 3.05) is 11.9 Å². The fourth-order valence-corrected chi connectivity index (χ4v) is 3.93. The Balaban J connectivity index is 1.87. The minimum absolute atomic E-state index is 0.00134. The zero-order valence-electron chi connectivity index (χ0n) is 18.0. The largest absolute Gasteiger partial charge is 0.490 e. The molecule has 0 aromatic heterocycles. The Hall–Kier alpha value is -4.38. The van der Waals surface area contributed by atoms with Crippen LogP contribution in [0, 0.1) is 0 Å². The summed E-state index contributed by atoms with van der Waals surface area (Å²) in [5, 5.41) is 2.49. The second kappa shape index (κ2) is 10.0. The number of carbonyl (C=O) groups excluding carboxylic acids is 3. The summed E-state index contributed by atoms with van der Waals surface area (Å²) in [4.78, 5) is 35.5. The summed E-state index contributed by atoms with van der Waals surface area (Å²) >= 11 is 0. The molecule has 0 heterocycles. The van der Waals surface area contributed by atoms with Gasteiger partial charge in [-0.05, 0) is 55.5 Å². The second-order valence-electron chi connectivity index (χ2n) is 6.93. The Morgan fingerprint density at radius 3 is 2.03 bits per heavy atom. The second-order valence-corrected chi connectivity index (χ2v) is 8.47. The van der Waals surface area contributed by atoms with Gasteiger partial charge in [0.25, 0.3) is 5.91 Å². The highest BCUT2D eigenvalue weighted by atomic mass is 32.2. The van der Waals surface area contributed by atoms with Crippen LogP contribution < -0.4 is 25.7 Å². The average molecular weight is 484 g/mol. The average Bonchev–Trinajstić information content (AvgIpc) is 2.80. The topological polar surface area (TPSA) is 168 Å². The van der Waals surface area contributed by atoms with E-state index < -0.39 is 27.8 Å². The third kappa shape index (κ3) is 5.70. The van der Waals surface area contributed by atoms with Crippen LogP contribution in [0.25, 0.3) is 0 Å². The van der Waals surface area contributed by atoms with Crippen molar-refractivity contribution in [3.63, 3.8) is 0 Å². The predicted molar refractivity (Wildman–Crippen MR) is 123 cm³/mol. The van der Waals surface area contributed by atoms with Crippen molar-refractivity contribution in [1.82, 2.24) is 0 Å². The lowest BCUT2D eigenvalue weighted by atomic mass is 10.1. The fourth-order valence-electron chi connectivity index (χ4n) is 2.94. The van der Waals surface area contributed by atoms with Gasteiger partial charge in [-0.15, -0.1) is 0 Å². The number of nitrogens with two attached hydrogens (primary N) is 2. The van der Waals surface area contributed by atoms with Crippen LogP contribution in [0.3, 0.4) is 0 Å². The molecule has 0 bridgehead atoms. The third-order valence-electron chi connectivity index (χ3n) is 4.49. The van der Waals surface area contributed by atoms with E-state index in [4.69, 9.17) is 20.4 Å². The summed E-state index contributed by atoms with van der Waals surface area (Å²) in [6, 6.07) is 15.2. The van der Waals surface area contributed by atoms with E-state index in [-0.39, 0.29) is 38.8 Å². The molecular formula is C23H21N3O7S. The van der Waals surface area contributed by atoms with Gasteiger partial charge in [0, 0.05) is 22.4 Å². The molecule has 3 aromatic rings. The molecule has 11 heteroatoms. The van der Waals surface area contributed by atoms with Gasteiger partial charge in [-0.1, -0.05) is 18.2 Å². The molecule has 0 fully saturated rings. The van der Waals surface area contributed by atoms with E-state index in [1.54, 1.807) is 25.1 Å². The van der Waals surface area contributed by atoms with Crippen LogP contribution in [0.1, 0.15) is 38.0 Å². The SMILES string of the molecule is CCOc1ccccc1OS(=O)(=O)c1cccc(C(=O)Nc2cc(C(N)=O)cc(C(N)=O)c2)c1. The smallest absolute Gasteiger partial charge is 0.339 e. The molecule has 0 radical (unpaired) electrons. The zero-order chi connectivity index (χ0) is 24.9. The van der Waals surface area contributed by atoms with Crippen LogP contribution in [0.2, 0.25) is 0 Å². The van der Waals surface area contributed by atoms with Crippen molar-refractivity contribution >= 4 is 33.5 Å². The summed E-state index contributed by atoms with van der Waals surface area (Å²) in [5.41, 5.74) is 10.5. The number of amides is 3. The van der Waals surface area contributed by atoms with Gasteiger partial charge in [-0.2, -0.15) is 8.42 Å². The van der Waals surface area contributed by atoms with Gasteiger partial charge in [0.2, 0.25) is 11.8 Å². The number of ether oxygens (including phenoxy) is 1. The Labute approximate surface area is 195 Å². The van der Waals surface area contributed by atoms with Crippen molar-refractivity contribution in [1.29, 1.82) is 0 Å². The first-order valence-electron chi connectivity index (χ1n) is 9.93. The Kier molecular flexibility index (Phi) is 7.17. The lowest BCUT2D eigenvalue weighted by molar-refractivity contribution is 0.0994. The van der Waals surface area contributed by atoms with Gasteiger partial charge in [-0.3, -0.25) is 14.4 Å². The number of carbonyl (C=O) groups is 3. The molecule has 3 aromatic carbocycles. The first-order valence-corrected chi connectivity index (χ1v) is 11.3. The van der Waals surface area contributed by atoms with Crippen molar-refractivity contribution in [2.45, 2.75) is 11.8 Å². The molecule has 3 rings (SSSR count). The standard InChI is InChI=1S/C23H21N3O7S/c1-2-32-19-8-3-4-9-20(19)33-34(30,31)18-7-5-6-14(13-18)23(29)26-17-11-15(21(24)27)10-16(12-17)22(25)28/h3-13H,2H2,1H3,(H2,24,27)(H2,25,28)(H,26,29). The van der Waals surface area contributed by atoms with Crippen molar-refractivity contribution in [3.05, 3.63) is 83.4 Å². The van der Waals surface area contributed by atoms with E-state index in [9.17, 15) is 22.8 Å². The number of anilines is 1. The van der Waals surface area contributed by atoms with Gasteiger partial charge < -0.3 is 25.7 Å². The zero-order valence-corrected chi connectivity index (χ0v) is 18.8. The van der Waals surface area contributed by atoms with E-state index in [2.05, 4.69) is 5.32 Å². The highest BCUT2D eigenvalue weighted by molar-refractivity contribution is 7.87. The maximum atomic E-state index is 12.8. The summed E-state index contributed by atoms with van der Waals surface area (Å²) in [5.74, 6) is -2.10. The fraction of sp³-hybridized carbons (Fsp3) is 0.0870. The van der Waals surface area contributed by atoms with Crippen molar-refractivity contribution in [2.24, 2.45) is 11.5 Å². The minimum atomic E-state index is -4.30. The molecule has 0 unspecified atom stereocenters. The van der Waals surface area contributed by atoms with Gasteiger partial charge in [0.1, 0.15) is 4.90 Å². The number of rotatable bonds is 9. The monoisotopic (exact) mass is 483 g/mol. The van der Waals surface area contributed by atoms with Gasteiger partial charge >= 0.3 is 10.1 Å². The summed E-state index contributed by atoms with van der Waals surface area (Å²) in [6.45, 7) is 2.06. The Bertz CT molecular complexity index is 1340. The lowest BCUT2D eigenvalue weighted by Crippen LogP contribution is -2.18. The van der Waals surface area contributed by atoms with Crippen LogP contribution >= 0.6 is 0 Å². The number of para-hydroxylation sites is 2. The Morgan fingerprint density at radius 1 is 0.824 bits per heavy atom. The van der Waals surface area contributed by atoms with E-state index >= 15 is 0 Å². The number of benzene rings is 3. The highest BCUT2D eigenvalue weighted by Gasteiger charge is 2.21. The number of primary amides is 2. The third-order valence-corrected chi connectivity index (χ3v) is 5.72. The van der Waals surface area contributed by atoms with E-state index in [1.165, 1.54) is 42.5 Å². The maximum absolute atomic E-state index is 12.8. The minimum Gasteiger partial charge on any atom is -0.490 e. The molecule has 0 aliphatic carbocycles. The molecule has 0 spiro atoms. The first-order chi connectivity index (χ1) is 16.1.